The number of methoxy groups -OCH3 is 2. The summed E-state index contributed by atoms with van der Waals surface area (Å²) in [6, 6.07) is 6.96. The third-order valence-electron chi connectivity index (χ3n) is 2.90. The summed E-state index contributed by atoms with van der Waals surface area (Å²) in [6.45, 7) is 1.87. The fourth-order valence-corrected chi connectivity index (χ4v) is 2.50. The van der Waals surface area contributed by atoms with Gasteiger partial charge in [-0.3, -0.25) is 9.78 Å². The Morgan fingerprint density at radius 3 is 2.45 bits per heavy atom. The maximum absolute atomic E-state index is 12.5. The van der Waals surface area contributed by atoms with Crippen LogP contribution in [0.5, 0.6) is 11.5 Å². The zero-order valence-corrected chi connectivity index (χ0v) is 13.0. The smallest absolute Gasteiger partial charge is 0.198 e. The average Bonchev–Trinajstić information content (AvgIpc) is 2.47. The highest BCUT2D eigenvalue weighted by Gasteiger charge is 2.19. The first kappa shape index (κ1) is 14.5. The first-order valence-corrected chi connectivity index (χ1v) is 6.75. The summed E-state index contributed by atoms with van der Waals surface area (Å²) in [6.07, 6.45) is 1.56. The van der Waals surface area contributed by atoms with Crippen LogP contribution in [0.4, 0.5) is 0 Å². The van der Waals surface area contributed by atoms with Gasteiger partial charge in [0.15, 0.2) is 5.78 Å². The van der Waals surface area contributed by atoms with Crippen molar-refractivity contribution in [2.24, 2.45) is 0 Å². The zero-order chi connectivity index (χ0) is 14.7. The molecule has 0 atom stereocenters. The first-order valence-electron chi connectivity index (χ1n) is 5.96. The number of hydrogen-bond donors (Lipinski definition) is 0. The van der Waals surface area contributed by atoms with Crippen molar-refractivity contribution >= 4 is 21.7 Å². The fourth-order valence-electron chi connectivity index (χ4n) is 1.83. The van der Waals surface area contributed by atoms with Crippen LogP contribution in [0.25, 0.3) is 0 Å². The van der Waals surface area contributed by atoms with Crippen LogP contribution in [-0.2, 0) is 0 Å². The molecule has 0 radical (unpaired) electrons. The molecule has 1 aromatic carbocycles. The summed E-state index contributed by atoms with van der Waals surface area (Å²) in [5, 5.41) is 0. The van der Waals surface area contributed by atoms with E-state index in [2.05, 4.69) is 20.9 Å². The van der Waals surface area contributed by atoms with Crippen molar-refractivity contribution in [3.05, 3.63) is 51.8 Å². The van der Waals surface area contributed by atoms with Gasteiger partial charge in [0.05, 0.1) is 19.8 Å². The minimum absolute atomic E-state index is 0.141. The van der Waals surface area contributed by atoms with E-state index in [-0.39, 0.29) is 5.78 Å². The largest absolute Gasteiger partial charge is 0.495 e. The molecule has 0 unspecified atom stereocenters. The molecule has 4 nitrogen and oxygen atoms in total. The molecule has 0 saturated heterocycles. The average molecular weight is 336 g/mol. The van der Waals surface area contributed by atoms with Gasteiger partial charge in [0, 0.05) is 17.5 Å². The van der Waals surface area contributed by atoms with E-state index >= 15 is 0 Å². The third kappa shape index (κ3) is 2.67. The molecule has 0 aliphatic heterocycles. The number of hydrogen-bond acceptors (Lipinski definition) is 4. The van der Waals surface area contributed by atoms with Crippen molar-refractivity contribution in [3.8, 4) is 11.5 Å². The van der Waals surface area contributed by atoms with E-state index in [1.807, 2.05) is 6.92 Å². The molecule has 2 aromatic rings. The summed E-state index contributed by atoms with van der Waals surface area (Å²) in [7, 11) is 3.08. The number of nitrogens with zero attached hydrogens (tertiary/aromatic N) is 1. The van der Waals surface area contributed by atoms with Gasteiger partial charge in [-0.2, -0.15) is 0 Å². The highest BCUT2D eigenvalue weighted by Crippen LogP contribution is 2.37. The maximum Gasteiger partial charge on any atom is 0.198 e. The monoisotopic (exact) mass is 335 g/mol. The molecule has 104 valence electrons. The van der Waals surface area contributed by atoms with Crippen molar-refractivity contribution < 1.29 is 14.3 Å². The second kappa shape index (κ2) is 6.05. The van der Waals surface area contributed by atoms with E-state index in [4.69, 9.17) is 9.47 Å². The number of carbonyl (C=O) groups is 1. The Labute approximate surface area is 125 Å². The predicted molar refractivity (Wildman–Crippen MR) is 79.7 cm³/mol. The van der Waals surface area contributed by atoms with E-state index in [0.717, 1.165) is 5.69 Å². The minimum Gasteiger partial charge on any atom is -0.495 e. The number of aromatic nitrogens is 1. The number of carbonyl (C=O) groups excluding carboxylic acids is 1. The van der Waals surface area contributed by atoms with E-state index in [0.29, 0.717) is 27.1 Å². The summed E-state index contributed by atoms with van der Waals surface area (Å²) in [4.78, 5) is 16.6. The van der Waals surface area contributed by atoms with Crippen LogP contribution in [0.3, 0.4) is 0 Å². The molecule has 0 aliphatic carbocycles. The summed E-state index contributed by atoms with van der Waals surface area (Å²) >= 11 is 3.39. The number of ether oxygens (including phenoxy) is 2. The molecular weight excluding hydrogens is 322 g/mol. The molecule has 0 saturated carbocycles. The lowest BCUT2D eigenvalue weighted by atomic mass is 10.0. The van der Waals surface area contributed by atoms with Gasteiger partial charge in [-0.25, -0.2) is 0 Å². The molecular formula is C15H14BrNO3. The molecule has 0 amide bonds. The molecule has 5 heteroatoms. The highest BCUT2D eigenvalue weighted by molar-refractivity contribution is 9.10. The van der Waals surface area contributed by atoms with Gasteiger partial charge in [0.25, 0.3) is 0 Å². The van der Waals surface area contributed by atoms with Crippen LogP contribution in [0.15, 0.2) is 34.9 Å². The topological polar surface area (TPSA) is 48.4 Å². The number of pyridine rings is 1. The maximum atomic E-state index is 12.5. The zero-order valence-electron chi connectivity index (χ0n) is 11.4. The summed E-state index contributed by atoms with van der Waals surface area (Å²) in [5.41, 5.74) is 1.85. The second-order valence-electron chi connectivity index (χ2n) is 4.18. The van der Waals surface area contributed by atoms with Crippen molar-refractivity contribution in [1.82, 2.24) is 4.98 Å². The standard InChI is InChI=1S/C15H14BrNO3/c1-9-4-5-10(8-17-9)14(18)11-6-7-12(19-2)13(16)15(11)20-3/h4-8H,1-3H3. The molecule has 0 bridgehead atoms. The van der Waals surface area contributed by atoms with Crippen LogP contribution >= 0.6 is 15.9 Å². The Morgan fingerprint density at radius 1 is 1.15 bits per heavy atom. The molecule has 1 aromatic heterocycles. The van der Waals surface area contributed by atoms with E-state index < -0.39 is 0 Å². The summed E-state index contributed by atoms with van der Waals surface area (Å²) in [5.74, 6) is 0.924. The molecule has 0 fully saturated rings. The Hall–Kier alpha value is -1.88. The third-order valence-corrected chi connectivity index (χ3v) is 3.65. The number of benzene rings is 1. The Bertz CT molecular complexity index is 638. The number of rotatable bonds is 4. The van der Waals surface area contributed by atoms with Crippen LogP contribution in [0, 0.1) is 6.92 Å². The summed E-state index contributed by atoms with van der Waals surface area (Å²) < 4.78 is 11.1. The van der Waals surface area contributed by atoms with Crippen molar-refractivity contribution in [2.45, 2.75) is 6.92 Å². The lowest BCUT2D eigenvalue weighted by molar-refractivity contribution is 0.103. The molecule has 0 spiro atoms. The van der Waals surface area contributed by atoms with Crippen molar-refractivity contribution in [1.29, 1.82) is 0 Å². The van der Waals surface area contributed by atoms with Gasteiger partial charge in [-0.1, -0.05) is 0 Å². The molecule has 0 aliphatic rings. The highest BCUT2D eigenvalue weighted by atomic mass is 79.9. The van der Waals surface area contributed by atoms with E-state index in [9.17, 15) is 4.79 Å². The van der Waals surface area contributed by atoms with Crippen LogP contribution in [0.1, 0.15) is 21.6 Å². The first-order chi connectivity index (χ1) is 9.58. The molecule has 1 heterocycles. The molecule has 2 rings (SSSR count). The van der Waals surface area contributed by atoms with Crippen LogP contribution < -0.4 is 9.47 Å². The lowest BCUT2D eigenvalue weighted by Crippen LogP contribution is -2.05. The van der Waals surface area contributed by atoms with Crippen molar-refractivity contribution in [3.63, 3.8) is 0 Å². The Balaban J connectivity index is 2.49. The minimum atomic E-state index is -0.141. The number of ketones is 1. The van der Waals surface area contributed by atoms with Gasteiger partial charge in [0.2, 0.25) is 0 Å². The normalized spacial score (nSPS) is 10.2. The lowest BCUT2D eigenvalue weighted by Gasteiger charge is -2.12. The van der Waals surface area contributed by atoms with Gasteiger partial charge in [0.1, 0.15) is 16.0 Å². The fraction of sp³-hybridized carbons (Fsp3) is 0.200. The van der Waals surface area contributed by atoms with Crippen LogP contribution in [-0.4, -0.2) is 25.0 Å². The van der Waals surface area contributed by atoms with Gasteiger partial charge in [-0.05, 0) is 47.1 Å². The number of halogens is 1. The molecule has 20 heavy (non-hydrogen) atoms. The van der Waals surface area contributed by atoms with E-state index in [1.54, 1.807) is 37.6 Å². The van der Waals surface area contributed by atoms with E-state index in [1.165, 1.54) is 7.11 Å². The van der Waals surface area contributed by atoms with Crippen LogP contribution in [0.2, 0.25) is 0 Å². The van der Waals surface area contributed by atoms with Gasteiger partial charge in [-0.15, -0.1) is 0 Å². The second-order valence-corrected chi connectivity index (χ2v) is 4.97. The quantitative estimate of drug-likeness (QED) is 0.803. The van der Waals surface area contributed by atoms with Crippen molar-refractivity contribution in [2.75, 3.05) is 14.2 Å². The SMILES string of the molecule is COc1ccc(C(=O)c2ccc(C)nc2)c(OC)c1Br. The Kier molecular flexibility index (Phi) is 4.39. The number of aryl methyl sites for hydroxylation is 1. The molecule has 0 N–H and O–H groups in total. The Morgan fingerprint density at radius 2 is 1.90 bits per heavy atom. The predicted octanol–water partition coefficient (Wildman–Crippen LogP) is 3.40. The van der Waals surface area contributed by atoms with Gasteiger partial charge >= 0.3 is 0 Å². The van der Waals surface area contributed by atoms with Gasteiger partial charge < -0.3 is 9.47 Å².